The standard InChI is InChI=1S/C72H138O6/c1-4-7-10-13-16-19-22-24-26-28-30-32-33-34-35-36-37-38-39-40-42-43-45-47-50-53-56-59-62-65-71(74)77-68-69(67-76-70(73)64-61-58-55-52-49-21-18-15-12-9-6-3)78-72(75)66-63-60-57-54-51-48-46-44-41-31-29-27-25-23-20-17-14-11-8-5-2/h28,30,69H,4-27,29,31-68H2,1-3H3/b30-28-. The fraction of sp³-hybridized carbons (Fsp3) is 0.931. The van der Waals surface area contributed by atoms with Crippen LogP contribution in [0.25, 0.3) is 0 Å². The molecule has 0 rings (SSSR count). The van der Waals surface area contributed by atoms with Gasteiger partial charge in [-0.2, -0.15) is 0 Å². The third kappa shape index (κ3) is 65.0. The second-order valence-corrected chi connectivity index (χ2v) is 24.5. The maximum absolute atomic E-state index is 12.9. The maximum Gasteiger partial charge on any atom is 0.306 e. The van der Waals surface area contributed by atoms with Crippen LogP contribution in [0.15, 0.2) is 12.2 Å². The van der Waals surface area contributed by atoms with Gasteiger partial charge < -0.3 is 14.2 Å². The van der Waals surface area contributed by atoms with E-state index < -0.39 is 6.10 Å². The summed E-state index contributed by atoms with van der Waals surface area (Å²) in [6.45, 7) is 6.72. The molecule has 0 radical (unpaired) electrons. The maximum atomic E-state index is 12.9. The van der Waals surface area contributed by atoms with Crippen molar-refractivity contribution in [3.63, 3.8) is 0 Å². The lowest BCUT2D eigenvalue weighted by Gasteiger charge is -2.18. The van der Waals surface area contributed by atoms with Gasteiger partial charge in [-0.1, -0.05) is 360 Å². The Morgan fingerprint density at radius 2 is 0.423 bits per heavy atom. The summed E-state index contributed by atoms with van der Waals surface area (Å²) < 4.78 is 17.0. The molecule has 6 nitrogen and oxygen atoms in total. The number of esters is 3. The van der Waals surface area contributed by atoms with Crippen LogP contribution in [0, 0.1) is 0 Å². The molecule has 0 aliphatic heterocycles. The number of rotatable bonds is 67. The Labute approximate surface area is 488 Å². The van der Waals surface area contributed by atoms with E-state index in [1.807, 2.05) is 0 Å². The van der Waals surface area contributed by atoms with Gasteiger partial charge in [-0.3, -0.25) is 14.4 Å². The van der Waals surface area contributed by atoms with E-state index in [-0.39, 0.29) is 31.1 Å². The van der Waals surface area contributed by atoms with Crippen molar-refractivity contribution in [3.8, 4) is 0 Å². The zero-order valence-corrected chi connectivity index (χ0v) is 53.2. The van der Waals surface area contributed by atoms with Gasteiger partial charge in [-0.05, 0) is 44.9 Å². The molecule has 0 amide bonds. The van der Waals surface area contributed by atoms with E-state index in [1.165, 1.54) is 315 Å². The molecular weight excluding hydrogens is 961 g/mol. The molecule has 6 heteroatoms. The van der Waals surface area contributed by atoms with Crippen molar-refractivity contribution in [2.45, 2.75) is 419 Å². The molecule has 0 aliphatic carbocycles. The Kier molecular flexibility index (Phi) is 66.0. The highest BCUT2D eigenvalue weighted by Crippen LogP contribution is 2.19. The van der Waals surface area contributed by atoms with E-state index in [4.69, 9.17) is 14.2 Å². The third-order valence-corrected chi connectivity index (χ3v) is 16.5. The van der Waals surface area contributed by atoms with Crippen molar-refractivity contribution in [3.05, 3.63) is 12.2 Å². The van der Waals surface area contributed by atoms with E-state index in [1.54, 1.807) is 0 Å². The first-order valence-corrected chi connectivity index (χ1v) is 35.7. The second kappa shape index (κ2) is 67.7. The van der Waals surface area contributed by atoms with Gasteiger partial charge in [0.05, 0.1) is 0 Å². The van der Waals surface area contributed by atoms with E-state index in [0.29, 0.717) is 19.3 Å². The minimum atomic E-state index is -0.764. The van der Waals surface area contributed by atoms with Gasteiger partial charge in [0, 0.05) is 19.3 Å². The quantitative estimate of drug-likeness (QED) is 0.0261. The summed E-state index contributed by atoms with van der Waals surface area (Å²) in [5, 5.41) is 0. The average molecular weight is 1100 g/mol. The summed E-state index contributed by atoms with van der Waals surface area (Å²) in [6, 6.07) is 0. The fourth-order valence-corrected chi connectivity index (χ4v) is 11.2. The lowest BCUT2D eigenvalue weighted by Crippen LogP contribution is -2.30. The van der Waals surface area contributed by atoms with Crippen molar-refractivity contribution in [1.29, 1.82) is 0 Å². The van der Waals surface area contributed by atoms with Crippen molar-refractivity contribution >= 4 is 17.9 Å². The highest BCUT2D eigenvalue weighted by atomic mass is 16.6. The van der Waals surface area contributed by atoms with E-state index in [0.717, 1.165) is 57.8 Å². The SMILES string of the molecule is CCCCCCCCCC/C=C\CCCCCCCCCCCCCCCCCCCC(=O)OCC(COC(=O)CCCCCCCCCCCCC)OC(=O)CCCCCCCCCCCCCCCCCCCCCC. The van der Waals surface area contributed by atoms with Gasteiger partial charge in [0.2, 0.25) is 0 Å². The van der Waals surface area contributed by atoms with Crippen LogP contribution < -0.4 is 0 Å². The van der Waals surface area contributed by atoms with Gasteiger partial charge in [0.15, 0.2) is 6.10 Å². The Morgan fingerprint density at radius 3 is 0.641 bits per heavy atom. The zero-order valence-electron chi connectivity index (χ0n) is 53.2. The number of allylic oxidation sites excluding steroid dienone is 2. The lowest BCUT2D eigenvalue weighted by molar-refractivity contribution is -0.167. The molecule has 0 N–H and O–H groups in total. The molecule has 78 heavy (non-hydrogen) atoms. The smallest absolute Gasteiger partial charge is 0.306 e. The summed E-state index contributed by atoms with van der Waals surface area (Å²) >= 11 is 0. The van der Waals surface area contributed by atoms with E-state index in [9.17, 15) is 14.4 Å². The predicted octanol–water partition coefficient (Wildman–Crippen LogP) is 24.4. The minimum Gasteiger partial charge on any atom is -0.462 e. The summed E-state index contributed by atoms with van der Waals surface area (Å²) in [5.41, 5.74) is 0. The molecule has 0 aromatic carbocycles. The number of unbranched alkanes of at least 4 members (excludes halogenated alkanes) is 54. The van der Waals surface area contributed by atoms with Crippen LogP contribution in [0.5, 0.6) is 0 Å². The number of carbonyl (C=O) groups is 3. The highest BCUT2D eigenvalue weighted by Gasteiger charge is 2.19. The number of hydrogen-bond donors (Lipinski definition) is 0. The Morgan fingerprint density at radius 1 is 0.244 bits per heavy atom. The minimum absolute atomic E-state index is 0.0622. The molecule has 0 heterocycles. The normalized spacial score (nSPS) is 12.0. The molecule has 0 aliphatic rings. The topological polar surface area (TPSA) is 78.9 Å². The van der Waals surface area contributed by atoms with Gasteiger partial charge in [0.25, 0.3) is 0 Å². The average Bonchev–Trinajstić information content (AvgIpc) is 3.44. The van der Waals surface area contributed by atoms with Crippen LogP contribution in [-0.2, 0) is 28.6 Å². The van der Waals surface area contributed by atoms with E-state index >= 15 is 0 Å². The highest BCUT2D eigenvalue weighted by molar-refractivity contribution is 5.71. The van der Waals surface area contributed by atoms with Crippen LogP contribution in [0.4, 0.5) is 0 Å². The number of hydrogen-bond acceptors (Lipinski definition) is 6. The molecule has 0 aromatic heterocycles. The molecule has 0 bridgehead atoms. The number of ether oxygens (including phenoxy) is 3. The second-order valence-electron chi connectivity index (χ2n) is 24.5. The summed E-state index contributed by atoms with van der Waals surface area (Å²) in [7, 11) is 0. The van der Waals surface area contributed by atoms with Crippen LogP contribution in [0.3, 0.4) is 0 Å². The summed E-state index contributed by atoms with van der Waals surface area (Å²) in [4.78, 5) is 38.3. The summed E-state index contributed by atoms with van der Waals surface area (Å²) in [5.74, 6) is -0.827. The first kappa shape index (κ1) is 76.1. The van der Waals surface area contributed by atoms with Gasteiger partial charge in [-0.15, -0.1) is 0 Å². The molecular formula is C72H138O6. The molecule has 0 aromatic rings. The van der Waals surface area contributed by atoms with Crippen LogP contribution in [0.1, 0.15) is 412 Å². The van der Waals surface area contributed by atoms with Crippen LogP contribution in [0.2, 0.25) is 0 Å². The molecule has 1 unspecified atom stereocenters. The Balaban J connectivity index is 4.11. The first-order valence-electron chi connectivity index (χ1n) is 35.7. The third-order valence-electron chi connectivity index (χ3n) is 16.5. The van der Waals surface area contributed by atoms with Gasteiger partial charge in [0.1, 0.15) is 13.2 Å². The monoisotopic (exact) mass is 1100 g/mol. The van der Waals surface area contributed by atoms with Crippen molar-refractivity contribution < 1.29 is 28.6 Å². The zero-order chi connectivity index (χ0) is 56.4. The Bertz CT molecular complexity index is 1210. The Hall–Kier alpha value is -1.85. The molecule has 462 valence electrons. The lowest BCUT2D eigenvalue weighted by atomic mass is 10.0. The molecule has 1 atom stereocenters. The first-order chi connectivity index (χ1) is 38.5. The van der Waals surface area contributed by atoms with Gasteiger partial charge >= 0.3 is 17.9 Å². The largest absolute Gasteiger partial charge is 0.462 e. The van der Waals surface area contributed by atoms with Crippen molar-refractivity contribution in [1.82, 2.24) is 0 Å². The van der Waals surface area contributed by atoms with Crippen molar-refractivity contribution in [2.24, 2.45) is 0 Å². The molecule has 0 fully saturated rings. The predicted molar refractivity (Wildman–Crippen MR) is 340 cm³/mol. The molecule has 0 spiro atoms. The molecule has 0 saturated heterocycles. The molecule has 0 saturated carbocycles. The number of carbonyl (C=O) groups excluding carboxylic acids is 3. The van der Waals surface area contributed by atoms with Crippen LogP contribution >= 0.6 is 0 Å². The summed E-state index contributed by atoms with van der Waals surface area (Å²) in [6.07, 6.45) is 81.1. The van der Waals surface area contributed by atoms with Gasteiger partial charge in [-0.25, -0.2) is 0 Å². The van der Waals surface area contributed by atoms with Crippen LogP contribution in [-0.4, -0.2) is 37.2 Å². The van der Waals surface area contributed by atoms with Crippen molar-refractivity contribution in [2.75, 3.05) is 13.2 Å². The van der Waals surface area contributed by atoms with E-state index in [2.05, 4.69) is 32.9 Å². The fourth-order valence-electron chi connectivity index (χ4n) is 11.2.